The average molecular weight is 258 g/mol. The molecule has 2 bridgehead atoms. The van der Waals surface area contributed by atoms with Crippen molar-refractivity contribution in [1.29, 1.82) is 0 Å². The molecule has 0 N–H and O–H groups in total. The van der Waals surface area contributed by atoms with Crippen molar-refractivity contribution >= 4 is 5.91 Å². The molecule has 3 saturated heterocycles. The Morgan fingerprint density at radius 1 is 1.21 bits per heavy atom. The molecule has 0 aliphatic carbocycles. The smallest absolute Gasteiger partial charge is 0.227 e. The third-order valence-electron chi connectivity index (χ3n) is 4.44. The molecule has 0 aromatic heterocycles. The first-order valence-electron chi connectivity index (χ1n) is 7.24. The van der Waals surface area contributed by atoms with Crippen LogP contribution in [-0.2, 0) is 11.2 Å². The molecule has 1 aromatic carbocycles. The van der Waals surface area contributed by atoms with Crippen LogP contribution in [0.3, 0.4) is 0 Å². The number of amides is 1. The van der Waals surface area contributed by atoms with Crippen molar-refractivity contribution in [2.45, 2.75) is 44.8 Å². The van der Waals surface area contributed by atoms with Crippen LogP contribution in [0.2, 0.25) is 0 Å². The second kappa shape index (κ2) is 4.97. The first-order chi connectivity index (χ1) is 9.15. The van der Waals surface area contributed by atoms with Crippen molar-refractivity contribution in [2.75, 3.05) is 13.1 Å². The maximum atomic E-state index is 12.4. The Morgan fingerprint density at radius 2 is 1.84 bits per heavy atom. The van der Waals surface area contributed by atoms with E-state index in [0.29, 0.717) is 30.5 Å². The van der Waals surface area contributed by atoms with Gasteiger partial charge < -0.3 is 4.90 Å². The highest BCUT2D eigenvalue weighted by Crippen LogP contribution is 2.33. The van der Waals surface area contributed by atoms with Crippen LogP contribution in [0.15, 0.2) is 30.3 Å². The van der Waals surface area contributed by atoms with E-state index < -0.39 is 0 Å². The van der Waals surface area contributed by atoms with Gasteiger partial charge in [-0.15, -0.1) is 0 Å². The number of carbonyl (C=O) groups excluding carboxylic acids is 1. The van der Waals surface area contributed by atoms with Gasteiger partial charge >= 0.3 is 0 Å². The van der Waals surface area contributed by atoms with Crippen molar-refractivity contribution in [3.63, 3.8) is 0 Å². The fourth-order valence-corrected chi connectivity index (χ4v) is 3.33. The molecule has 0 saturated carbocycles. The van der Waals surface area contributed by atoms with E-state index in [0.717, 1.165) is 18.7 Å². The van der Waals surface area contributed by atoms with Crippen LogP contribution in [0.5, 0.6) is 0 Å². The van der Waals surface area contributed by atoms with Gasteiger partial charge in [0.05, 0.1) is 6.42 Å². The summed E-state index contributed by atoms with van der Waals surface area (Å²) in [5.41, 5.74) is 1.12. The topological polar surface area (TPSA) is 23.6 Å². The van der Waals surface area contributed by atoms with Crippen molar-refractivity contribution in [2.24, 2.45) is 0 Å². The monoisotopic (exact) mass is 258 g/mol. The number of nitrogens with zero attached hydrogens (tertiary/aromatic N) is 2. The third-order valence-corrected chi connectivity index (χ3v) is 4.44. The van der Waals surface area contributed by atoms with Gasteiger partial charge in [-0.3, -0.25) is 9.69 Å². The van der Waals surface area contributed by atoms with Crippen LogP contribution in [-0.4, -0.2) is 46.9 Å². The number of hydrogen-bond donors (Lipinski definition) is 0. The molecular formula is C16H22N2O. The molecule has 1 amide bonds. The van der Waals surface area contributed by atoms with Crippen molar-refractivity contribution in [3.8, 4) is 0 Å². The van der Waals surface area contributed by atoms with Gasteiger partial charge in [0, 0.05) is 31.2 Å². The van der Waals surface area contributed by atoms with Crippen LogP contribution < -0.4 is 0 Å². The molecular weight excluding hydrogens is 236 g/mol. The standard InChI is InChI=1S/C16H22N2O/c1-12(2)17-10-14-9-15(11-17)18(14)16(19)8-13-6-4-3-5-7-13/h3-7,12,14-15H,8-11H2,1-2H3. The summed E-state index contributed by atoms with van der Waals surface area (Å²) in [6.45, 7) is 6.57. The number of benzene rings is 1. The first kappa shape index (κ1) is 12.7. The highest BCUT2D eigenvalue weighted by atomic mass is 16.2. The molecule has 3 aliphatic rings. The van der Waals surface area contributed by atoms with Gasteiger partial charge in [-0.25, -0.2) is 0 Å². The number of hydrogen-bond acceptors (Lipinski definition) is 2. The Bertz CT molecular complexity index is 445. The second-order valence-corrected chi connectivity index (χ2v) is 6.05. The molecule has 3 fully saturated rings. The van der Waals surface area contributed by atoms with Gasteiger partial charge in [0.1, 0.15) is 0 Å². The summed E-state index contributed by atoms with van der Waals surface area (Å²) < 4.78 is 0. The van der Waals surface area contributed by atoms with E-state index in [-0.39, 0.29) is 0 Å². The van der Waals surface area contributed by atoms with E-state index in [1.54, 1.807) is 0 Å². The zero-order chi connectivity index (χ0) is 13.4. The lowest BCUT2D eigenvalue weighted by molar-refractivity contribution is -0.154. The highest BCUT2D eigenvalue weighted by Gasteiger charge is 2.47. The Balaban J connectivity index is 1.61. The zero-order valence-corrected chi connectivity index (χ0v) is 11.7. The summed E-state index contributed by atoms with van der Waals surface area (Å²) in [5, 5.41) is 0. The third kappa shape index (κ3) is 2.39. The number of carbonyl (C=O) groups is 1. The zero-order valence-electron chi connectivity index (χ0n) is 11.7. The summed E-state index contributed by atoms with van der Waals surface area (Å²) >= 11 is 0. The second-order valence-electron chi connectivity index (χ2n) is 6.05. The predicted molar refractivity (Wildman–Crippen MR) is 75.9 cm³/mol. The summed E-state index contributed by atoms with van der Waals surface area (Å²) in [4.78, 5) is 17.0. The van der Waals surface area contributed by atoms with Crippen molar-refractivity contribution < 1.29 is 4.79 Å². The first-order valence-corrected chi connectivity index (χ1v) is 7.24. The number of piperazine rings is 1. The minimum Gasteiger partial charge on any atom is -0.334 e. The van der Waals surface area contributed by atoms with Gasteiger partial charge in [0.2, 0.25) is 5.91 Å². The highest BCUT2D eigenvalue weighted by molar-refractivity contribution is 5.80. The van der Waals surface area contributed by atoms with Gasteiger partial charge in [-0.2, -0.15) is 0 Å². The van der Waals surface area contributed by atoms with Crippen LogP contribution in [0.1, 0.15) is 25.8 Å². The molecule has 102 valence electrons. The minimum absolute atomic E-state index is 0.302. The van der Waals surface area contributed by atoms with Crippen molar-refractivity contribution in [3.05, 3.63) is 35.9 Å². The average Bonchev–Trinajstić information content (AvgIpc) is 2.39. The number of rotatable bonds is 3. The maximum absolute atomic E-state index is 12.4. The number of piperidine rings is 1. The molecule has 3 heteroatoms. The van der Waals surface area contributed by atoms with E-state index in [9.17, 15) is 4.79 Å². The Hall–Kier alpha value is -1.35. The summed E-state index contributed by atoms with van der Waals surface area (Å²) in [5.74, 6) is 0.302. The molecule has 2 unspecified atom stereocenters. The van der Waals surface area contributed by atoms with E-state index in [1.807, 2.05) is 30.3 Å². The molecule has 3 heterocycles. The van der Waals surface area contributed by atoms with E-state index in [1.165, 1.54) is 6.42 Å². The van der Waals surface area contributed by atoms with Gasteiger partial charge in [0.25, 0.3) is 0 Å². The fourth-order valence-electron chi connectivity index (χ4n) is 3.33. The Labute approximate surface area is 115 Å². The SMILES string of the molecule is CC(C)N1CC2CC(C1)N2C(=O)Cc1ccccc1. The van der Waals surface area contributed by atoms with Crippen LogP contribution >= 0.6 is 0 Å². The minimum atomic E-state index is 0.302. The quantitative estimate of drug-likeness (QED) is 0.827. The summed E-state index contributed by atoms with van der Waals surface area (Å²) in [6.07, 6.45) is 1.75. The summed E-state index contributed by atoms with van der Waals surface area (Å²) in [6, 6.07) is 11.6. The molecule has 19 heavy (non-hydrogen) atoms. The molecule has 0 spiro atoms. The van der Waals surface area contributed by atoms with E-state index >= 15 is 0 Å². The van der Waals surface area contributed by atoms with Crippen LogP contribution in [0, 0.1) is 0 Å². The van der Waals surface area contributed by atoms with Crippen molar-refractivity contribution in [1.82, 2.24) is 9.80 Å². The normalized spacial score (nSPS) is 26.4. The molecule has 4 rings (SSSR count). The molecule has 3 aliphatic heterocycles. The molecule has 3 nitrogen and oxygen atoms in total. The lowest BCUT2D eigenvalue weighted by atomic mass is 9.86. The summed E-state index contributed by atoms with van der Waals surface area (Å²) in [7, 11) is 0. The fraction of sp³-hybridized carbons (Fsp3) is 0.562. The molecule has 0 radical (unpaired) electrons. The Morgan fingerprint density at radius 3 is 2.42 bits per heavy atom. The molecule has 1 aromatic rings. The van der Waals surface area contributed by atoms with Crippen LogP contribution in [0.25, 0.3) is 0 Å². The lowest BCUT2D eigenvalue weighted by Crippen LogP contribution is -2.71. The van der Waals surface area contributed by atoms with Gasteiger partial charge in [-0.05, 0) is 25.8 Å². The maximum Gasteiger partial charge on any atom is 0.227 e. The van der Waals surface area contributed by atoms with Gasteiger partial charge in [0.15, 0.2) is 0 Å². The van der Waals surface area contributed by atoms with Crippen LogP contribution in [0.4, 0.5) is 0 Å². The largest absolute Gasteiger partial charge is 0.334 e. The van der Waals surface area contributed by atoms with Gasteiger partial charge in [-0.1, -0.05) is 30.3 Å². The van der Waals surface area contributed by atoms with E-state index in [4.69, 9.17) is 0 Å². The number of fused-ring (bicyclic) bond motifs is 2. The Kier molecular flexibility index (Phi) is 3.31. The predicted octanol–water partition coefficient (Wildman–Crippen LogP) is 1.92. The molecule has 2 atom stereocenters. The van der Waals surface area contributed by atoms with E-state index in [2.05, 4.69) is 23.6 Å². The lowest BCUT2D eigenvalue weighted by Gasteiger charge is -2.57.